The van der Waals surface area contributed by atoms with Gasteiger partial charge in [-0.15, -0.1) is 0 Å². The van der Waals surface area contributed by atoms with Crippen molar-refractivity contribution in [3.63, 3.8) is 0 Å². The molecule has 18 heavy (non-hydrogen) atoms. The molecule has 0 aliphatic carbocycles. The van der Waals surface area contributed by atoms with Crippen molar-refractivity contribution < 1.29 is 9.52 Å². The maximum absolute atomic E-state index is 11.8. The van der Waals surface area contributed by atoms with Crippen LogP contribution in [0.1, 0.15) is 0 Å². The number of aromatic nitrogens is 1. The number of benzene rings is 2. The van der Waals surface area contributed by atoms with Gasteiger partial charge in [0.2, 0.25) is 5.89 Å². The Labute approximate surface area is 102 Å². The highest BCUT2D eigenvalue weighted by atomic mass is 16.3. The normalized spacial score (nSPS) is 10.7. The molecule has 2 aromatic carbocycles. The summed E-state index contributed by atoms with van der Waals surface area (Å²) in [5.74, 6) is 0.403. The third-order valence-electron chi connectivity index (χ3n) is 2.64. The molecule has 0 saturated heterocycles. The van der Waals surface area contributed by atoms with E-state index in [0.29, 0.717) is 16.5 Å². The summed E-state index contributed by atoms with van der Waals surface area (Å²) in [6, 6.07) is 13.3. The summed E-state index contributed by atoms with van der Waals surface area (Å²) >= 11 is 0. The Morgan fingerprint density at radius 1 is 1.00 bits per heavy atom. The molecular formula is C14H9NO3. The molecule has 3 aromatic rings. The van der Waals surface area contributed by atoms with Crippen molar-refractivity contribution >= 4 is 11.0 Å². The minimum absolute atomic E-state index is 0.155. The van der Waals surface area contributed by atoms with Crippen LogP contribution in [-0.2, 0) is 0 Å². The molecule has 1 N–H and O–H groups in total. The first-order chi connectivity index (χ1) is 8.74. The Hall–Kier alpha value is -2.62. The standard InChI is InChI=1S/C14H9NO3/c16-10-7-5-9(6-8-10)14-15-13(17)11-3-1-2-4-12(11)18-14/h1-8,16H. The van der Waals surface area contributed by atoms with Crippen LogP contribution < -0.4 is 5.56 Å². The lowest BCUT2D eigenvalue weighted by Gasteiger charge is -2.01. The maximum atomic E-state index is 11.8. The number of hydrogen-bond donors (Lipinski definition) is 1. The average molecular weight is 239 g/mol. The second kappa shape index (κ2) is 4.00. The van der Waals surface area contributed by atoms with Crippen LogP contribution in [0, 0.1) is 0 Å². The van der Waals surface area contributed by atoms with Gasteiger partial charge in [0.1, 0.15) is 11.3 Å². The van der Waals surface area contributed by atoms with Gasteiger partial charge in [-0.25, -0.2) is 0 Å². The second-order valence-electron chi connectivity index (χ2n) is 3.87. The molecule has 1 aromatic heterocycles. The fraction of sp³-hybridized carbons (Fsp3) is 0. The van der Waals surface area contributed by atoms with Crippen molar-refractivity contribution in [1.82, 2.24) is 4.98 Å². The summed E-state index contributed by atoms with van der Waals surface area (Å²) in [5, 5.41) is 9.68. The van der Waals surface area contributed by atoms with E-state index >= 15 is 0 Å². The highest BCUT2D eigenvalue weighted by Crippen LogP contribution is 2.21. The third kappa shape index (κ3) is 1.73. The number of hydrogen-bond acceptors (Lipinski definition) is 4. The number of fused-ring (bicyclic) bond motifs is 1. The molecule has 0 bridgehead atoms. The quantitative estimate of drug-likeness (QED) is 0.708. The number of para-hydroxylation sites is 1. The minimum atomic E-state index is -0.320. The van der Waals surface area contributed by atoms with Gasteiger partial charge in [-0.3, -0.25) is 4.79 Å². The zero-order valence-corrected chi connectivity index (χ0v) is 9.33. The van der Waals surface area contributed by atoms with E-state index in [1.54, 1.807) is 36.4 Å². The lowest BCUT2D eigenvalue weighted by molar-refractivity contribution is 0.475. The topological polar surface area (TPSA) is 63.3 Å². The van der Waals surface area contributed by atoms with Crippen LogP contribution in [0.4, 0.5) is 0 Å². The number of rotatable bonds is 1. The van der Waals surface area contributed by atoms with Crippen molar-refractivity contribution in [3.8, 4) is 17.2 Å². The monoisotopic (exact) mass is 239 g/mol. The number of phenols is 1. The summed E-state index contributed by atoms with van der Waals surface area (Å²) < 4.78 is 5.58. The predicted molar refractivity (Wildman–Crippen MR) is 67.4 cm³/mol. The lowest BCUT2D eigenvalue weighted by atomic mass is 10.2. The Balaban J connectivity index is 2.24. The highest BCUT2D eigenvalue weighted by Gasteiger charge is 2.07. The van der Waals surface area contributed by atoms with E-state index in [2.05, 4.69) is 4.98 Å². The number of phenolic OH excluding ortho intramolecular Hbond substituents is 1. The van der Waals surface area contributed by atoms with Crippen LogP contribution in [0.15, 0.2) is 57.7 Å². The molecule has 4 nitrogen and oxygen atoms in total. The van der Waals surface area contributed by atoms with Gasteiger partial charge in [0.25, 0.3) is 5.56 Å². The maximum Gasteiger partial charge on any atom is 0.284 e. The summed E-state index contributed by atoms with van der Waals surface area (Å²) in [6.07, 6.45) is 0. The molecular weight excluding hydrogens is 230 g/mol. The molecule has 0 aliphatic rings. The van der Waals surface area contributed by atoms with Gasteiger partial charge in [-0.2, -0.15) is 4.98 Å². The fourth-order valence-corrected chi connectivity index (χ4v) is 1.74. The summed E-state index contributed by atoms with van der Waals surface area (Å²) in [7, 11) is 0. The zero-order valence-electron chi connectivity index (χ0n) is 9.33. The van der Waals surface area contributed by atoms with Crippen molar-refractivity contribution in [1.29, 1.82) is 0 Å². The van der Waals surface area contributed by atoms with Gasteiger partial charge in [0.05, 0.1) is 5.39 Å². The van der Waals surface area contributed by atoms with E-state index < -0.39 is 0 Å². The van der Waals surface area contributed by atoms with E-state index in [9.17, 15) is 9.90 Å². The van der Waals surface area contributed by atoms with Crippen LogP contribution in [0.3, 0.4) is 0 Å². The molecule has 0 atom stereocenters. The Morgan fingerprint density at radius 2 is 1.72 bits per heavy atom. The van der Waals surface area contributed by atoms with Crippen LogP contribution in [-0.4, -0.2) is 10.1 Å². The predicted octanol–water partition coefficient (Wildman–Crippen LogP) is 2.56. The number of aromatic hydroxyl groups is 1. The smallest absolute Gasteiger partial charge is 0.284 e. The Bertz CT molecular complexity index is 760. The number of nitrogens with zero attached hydrogens (tertiary/aromatic N) is 1. The van der Waals surface area contributed by atoms with Gasteiger partial charge in [-0.05, 0) is 36.4 Å². The van der Waals surface area contributed by atoms with E-state index in [4.69, 9.17) is 4.42 Å². The Kier molecular flexibility index (Phi) is 2.34. The van der Waals surface area contributed by atoms with Gasteiger partial charge < -0.3 is 9.52 Å². The Morgan fingerprint density at radius 3 is 2.50 bits per heavy atom. The molecule has 0 amide bonds. The van der Waals surface area contributed by atoms with Crippen LogP contribution in [0.25, 0.3) is 22.4 Å². The lowest BCUT2D eigenvalue weighted by Crippen LogP contribution is -2.06. The SMILES string of the molecule is O=c1nc(-c2ccc(O)cc2)oc2ccccc12. The first-order valence-corrected chi connectivity index (χ1v) is 5.43. The summed E-state index contributed by atoms with van der Waals surface area (Å²) in [4.78, 5) is 15.7. The fourth-order valence-electron chi connectivity index (χ4n) is 1.74. The average Bonchev–Trinajstić information content (AvgIpc) is 2.39. The molecule has 88 valence electrons. The molecule has 4 heteroatoms. The van der Waals surface area contributed by atoms with Crippen molar-refractivity contribution in [2.24, 2.45) is 0 Å². The van der Waals surface area contributed by atoms with E-state index in [1.807, 2.05) is 0 Å². The van der Waals surface area contributed by atoms with Gasteiger partial charge in [0.15, 0.2) is 0 Å². The van der Waals surface area contributed by atoms with Crippen molar-refractivity contribution in [2.75, 3.05) is 0 Å². The highest BCUT2D eigenvalue weighted by molar-refractivity contribution is 5.76. The first kappa shape index (κ1) is 10.5. The van der Waals surface area contributed by atoms with Crippen LogP contribution >= 0.6 is 0 Å². The summed E-state index contributed by atoms with van der Waals surface area (Å²) in [6.45, 7) is 0. The van der Waals surface area contributed by atoms with E-state index in [-0.39, 0.29) is 17.2 Å². The molecule has 0 fully saturated rings. The molecule has 0 aliphatic heterocycles. The van der Waals surface area contributed by atoms with Crippen LogP contribution in [0.2, 0.25) is 0 Å². The molecule has 0 saturated carbocycles. The van der Waals surface area contributed by atoms with Gasteiger partial charge in [-0.1, -0.05) is 12.1 Å². The third-order valence-corrected chi connectivity index (χ3v) is 2.64. The molecule has 0 radical (unpaired) electrons. The van der Waals surface area contributed by atoms with Crippen LogP contribution in [0.5, 0.6) is 5.75 Å². The van der Waals surface area contributed by atoms with E-state index in [1.165, 1.54) is 12.1 Å². The second-order valence-corrected chi connectivity index (χ2v) is 3.87. The van der Waals surface area contributed by atoms with Gasteiger partial charge in [0, 0.05) is 5.56 Å². The molecule has 1 heterocycles. The largest absolute Gasteiger partial charge is 0.508 e. The zero-order chi connectivity index (χ0) is 12.5. The molecule has 0 unspecified atom stereocenters. The van der Waals surface area contributed by atoms with Gasteiger partial charge >= 0.3 is 0 Å². The van der Waals surface area contributed by atoms with Crippen molar-refractivity contribution in [3.05, 3.63) is 58.9 Å². The first-order valence-electron chi connectivity index (χ1n) is 5.43. The van der Waals surface area contributed by atoms with Crippen molar-refractivity contribution in [2.45, 2.75) is 0 Å². The molecule has 0 spiro atoms. The molecule has 3 rings (SSSR count). The summed E-state index contributed by atoms with van der Waals surface area (Å²) in [5.41, 5.74) is 0.830. The van der Waals surface area contributed by atoms with E-state index in [0.717, 1.165) is 0 Å². The minimum Gasteiger partial charge on any atom is -0.508 e.